The zero-order chi connectivity index (χ0) is 43.8. The van der Waals surface area contributed by atoms with Crippen molar-refractivity contribution in [2.24, 2.45) is 5.92 Å². The molecule has 4 amide bonds. The summed E-state index contributed by atoms with van der Waals surface area (Å²) in [6, 6.07) is -2.44. The van der Waals surface area contributed by atoms with E-state index in [4.69, 9.17) is 23.2 Å². The number of urea groups is 1. The van der Waals surface area contributed by atoms with Gasteiger partial charge in [0.25, 0.3) is 0 Å². The number of anilines is 1. The monoisotopic (exact) mass is 899 g/mol. The summed E-state index contributed by atoms with van der Waals surface area (Å²) in [7, 11) is 0. The lowest BCUT2D eigenvalue weighted by Gasteiger charge is -2.32. The maximum absolute atomic E-state index is 13.1. The highest BCUT2D eigenvalue weighted by molar-refractivity contribution is 6.29. The highest BCUT2D eigenvalue weighted by Crippen LogP contribution is 2.37. The largest absolute Gasteiger partial charge is 0.388 e. The van der Waals surface area contributed by atoms with Gasteiger partial charge in [-0.05, 0) is 99.7 Å². The van der Waals surface area contributed by atoms with Crippen LogP contribution in [-0.2, 0) is 16.0 Å². The lowest BCUT2D eigenvalue weighted by Crippen LogP contribution is -2.48. The number of halogens is 2. The van der Waals surface area contributed by atoms with E-state index in [0.29, 0.717) is 59.0 Å². The van der Waals surface area contributed by atoms with Crippen LogP contribution in [0.4, 0.5) is 10.6 Å². The summed E-state index contributed by atoms with van der Waals surface area (Å²) in [5.41, 5.74) is 2.65. The van der Waals surface area contributed by atoms with Gasteiger partial charge in [-0.3, -0.25) is 9.59 Å². The van der Waals surface area contributed by atoms with Crippen LogP contribution in [0.3, 0.4) is 0 Å². The number of amides is 4. The summed E-state index contributed by atoms with van der Waals surface area (Å²) >= 11 is 12.8. The Morgan fingerprint density at radius 3 is 1.63 bits per heavy atom. The van der Waals surface area contributed by atoms with Gasteiger partial charge >= 0.3 is 6.03 Å². The number of hydrogen-bond acceptors (Lipinski definition) is 14. The molecule has 0 radical (unpaired) electrons. The molecule has 4 saturated carbocycles. The average Bonchev–Trinajstić information content (AvgIpc) is 4.00. The van der Waals surface area contributed by atoms with Crippen LogP contribution in [0.1, 0.15) is 109 Å². The molecule has 0 saturated heterocycles. The van der Waals surface area contributed by atoms with E-state index in [0.717, 1.165) is 51.4 Å². The molecule has 4 aromatic rings. The number of nitrogens with one attached hydrogen (secondary N) is 5. The van der Waals surface area contributed by atoms with E-state index in [2.05, 4.69) is 56.5 Å². The molecule has 4 aliphatic rings. The van der Waals surface area contributed by atoms with Gasteiger partial charge in [-0.1, -0.05) is 13.8 Å². The van der Waals surface area contributed by atoms with Crippen LogP contribution in [0.5, 0.6) is 0 Å². The van der Waals surface area contributed by atoms with E-state index in [1.54, 1.807) is 35.6 Å². The van der Waals surface area contributed by atoms with Gasteiger partial charge < -0.3 is 56.1 Å². The molecule has 20 nitrogen and oxygen atoms in total. The number of hydrogen-bond donors (Lipinski definition) is 9. The standard InChI is InChI=1S/C40H55Cl2N13O7/c1-3-27(56)48-23-14-25(33(60)31(23)58)54-16-43-29-22(50-38(41)52-36(29)54)13-18-5-7-20(8-6-18)46-40(62)47-21-11-9-19(10-12-21)45-35-30-37(53-39(42)51-35)55(17-44-30)26-15-24(32(59)34(26)61)49-28(57)4-2/h16-21,23-26,31-34,58-61H,3-15H2,1-2H3,(H,48,56)(H,49,57)(H,45,51,53)(H2,46,47,62)/t18?,19?,20?,21?,23-,24-,25+,26+,31+,32+,33-,34-/m0/s1. The smallest absolute Gasteiger partial charge is 0.315 e. The first-order chi connectivity index (χ1) is 29.8. The lowest BCUT2D eigenvalue weighted by molar-refractivity contribution is -0.123. The Bertz CT molecular complexity index is 2110. The lowest BCUT2D eigenvalue weighted by atomic mass is 9.83. The molecule has 4 aromatic heterocycles. The molecule has 9 N–H and O–H groups in total. The number of imidazole rings is 2. The van der Waals surface area contributed by atoms with Gasteiger partial charge in [0.05, 0.1) is 42.5 Å². The summed E-state index contributed by atoms with van der Waals surface area (Å²) in [4.78, 5) is 64.1. The van der Waals surface area contributed by atoms with E-state index in [1.807, 2.05) is 0 Å². The highest BCUT2D eigenvalue weighted by atomic mass is 35.5. The van der Waals surface area contributed by atoms with E-state index >= 15 is 0 Å². The van der Waals surface area contributed by atoms with Crippen LogP contribution in [0.2, 0.25) is 10.6 Å². The molecule has 62 heavy (non-hydrogen) atoms. The van der Waals surface area contributed by atoms with Crippen molar-refractivity contribution < 1.29 is 34.8 Å². The molecule has 8 rings (SSSR count). The normalized spacial score (nSPS) is 31.3. The fraction of sp³-hybridized carbons (Fsp3) is 0.675. The number of rotatable bonds is 12. The predicted molar refractivity (Wildman–Crippen MR) is 227 cm³/mol. The summed E-state index contributed by atoms with van der Waals surface area (Å²) < 4.78 is 3.40. The van der Waals surface area contributed by atoms with Crippen LogP contribution in [0, 0.1) is 5.92 Å². The number of nitrogens with zero attached hydrogens (tertiary/aromatic N) is 8. The third kappa shape index (κ3) is 9.26. The Balaban J connectivity index is 0.802. The molecule has 0 spiro atoms. The van der Waals surface area contributed by atoms with Gasteiger partial charge in [0, 0.05) is 31.0 Å². The maximum Gasteiger partial charge on any atom is 0.315 e. The molecule has 0 aliphatic heterocycles. The van der Waals surface area contributed by atoms with E-state index in [-0.39, 0.29) is 59.4 Å². The maximum atomic E-state index is 13.1. The number of carbonyl (C=O) groups excluding carboxylic acids is 3. The Kier molecular flexibility index (Phi) is 13.3. The van der Waals surface area contributed by atoms with Gasteiger partial charge in [-0.15, -0.1) is 0 Å². The minimum atomic E-state index is -1.15. The van der Waals surface area contributed by atoms with E-state index in [1.165, 1.54) is 0 Å². The number of aliphatic hydroxyl groups is 4. The SMILES string of the molecule is CCC(=O)N[C@H]1C[C@@H](n2cnc3c(CC4CCC(NC(=O)NC5CCC(Nc6nc(Cl)nc7c6ncn7[C@@H]6C[C@H](NC(=O)CC)[C@@H](O)[C@H]6O)CC5)CC4)nc(Cl)nc32)[C@H](O)[C@@H]1O. The van der Waals surface area contributed by atoms with Gasteiger partial charge in [-0.25, -0.2) is 19.7 Å². The molecule has 0 bridgehead atoms. The number of carbonyl (C=O) groups is 3. The minimum absolute atomic E-state index is 0.00689. The van der Waals surface area contributed by atoms with Crippen molar-refractivity contribution in [2.75, 3.05) is 5.32 Å². The molecular weight excluding hydrogens is 845 g/mol. The molecule has 336 valence electrons. The summed E-state index contributed by atoms with van der Waals surface area (Å²) in [6.07, 6.45) is 6.75. The summed E-state index contributed by atoms with van der Waals surface area (Å²) in [5, 5.41) is 58.5. The average molecular weight is 901 g/mol. The topological polar surface area (TPSA) is 279 Å². The minimum Gasteiger partial charge on any atom is -0.388 e. The first kappa shape index (κ1) is 44.1. The molecular formula is C40H55Cl2N13O7. The van der Waals surface area contributed by atoms with Crippen molar-refractivity contribution in [3.05, 3.63) is 28.9 Å². The van der Waals surface area contributed by atoms with Crippen molar-refractivity contribution in [3.63, 3.8) is 0 Å². The van der Waals surface area contributed by atoms with Gasteiger partial charge in [0.1, 0.15) is 29.9 Å². The third-order valence-electron chi connectivity index (χ3n) is 13.3. The molecule has 4 fully saturated rings. The Hall–Kier alpha value is -4.47. The first-order valence-electron chi connectivity index (χ1n) is 21.7. The second-order valence-corrected chi connectivity index (χ2v) is 18.0. The third-order valence-corrected chi connectivity index (χ3v) is 13.6. The fourth-order valence-electron chi connectivity index (χ4n) is 9.81. The molecule has 22 heteroatoms. The van der Waals surface area contributed by atoms with Crippen molar-refractivity contribution in [1.29, 1.82) is 0 Å². The number of aromatic nitrogens is 8. The fourth-order valence-corrected chi connectivity index (χ4v) is 10.2. The highest BCUT2D eigenvalue weighted by Gasteiger charge is 2.45. The van der Waals surface area contributed by atoms with E-state index < -0.39 is 48.6 Å². The predicted octanol–water partition coefficient (Wildman–Crippen LogP) is 2.22. The van der Waals surface area contributed by atoms with Crippen LogP contribution in [0.25, 0.3) is 22.3 Å². The Morgan fingerprint density at radius 2 is 1.10 bits per heavy atom. The van der Waals surface area contributed by atoms with Gasteiger partial charge in [0.2, 0.25) is 22.4 Å². The second-order valence-electron chi connectivity index (χ2n) is 17.3. The Morgan fingerprint density at radius 1 is 0.629 bits per heavy atom. The molecule has 4 aliphatic carbocycles. The first-order valence-corrected chi connectivity index (χ1v) is 22.5. The second kappa shape index (κ2) is 18.7. The molecule has 8 atom stereocenters. The number of fused-ring (bicyclic) bond motifs is 2. The number of aliphatic hydroxyl groups excluding tert-OH is 4. The quantitative estimate of drug-likeness (QED) is 0.0923. The van der Waals surface area contributed by atoms with Crippen LogP contribution in [-0.4, -0.2) is 132 Å². The van der Waals surface area contributed by atoms with Crippen molar-refractivity contribution in [3.8, 4) is 0 Å². The van der Waals surface area contributed by atoms with E-state index in [9.17, 15) is 34.8 Å². The summed E-state index contributed by atoms with van der Waals surface area (Å²) in [6.45, 7) is 3.45. The van der Waals surface area contributed by atoms with Gasteiger partial charge in [-0.2, -0.15) is 15.0 Å². The zero-order valence-corrected chi connectivity index (χ0v) is 36.1. The van der Waals surface area contributed by atoms with Crippen LogP contribution in [0.15, 0.2) is 12.7 Å². The van der Waals surface area contributed by atoms with Crippen molar-refractivity contribution in [1.82, 2.24) is 60.3 Å². The van der Waals surface area contributed by atoms with Gasteiger partial charge in [0.15, 0.2) is 22.6 Å². The van der Waals surface area contributed by atoms with Crippen LogP contribution < -0.4 is 26.6 Å². The van der Waals surface area contributed by atoms with Crippen LogP contribution >= 0.6 is 23.2 Å². The van der Waals surface area contributed by atoms with Crippen molar-refractivity contribution in [2.45, 2.75) is 164 Å². The van der Waals surface area contributed by atoms with Crippen molar-refractivity contribution >= 4 is 69.2 Å². The summed E-state index contributed by atoms with van der Waals surface area (Å²) in [5.74, 6) is 0.343. The Labute approximate surface area is 367 Å². The zero-order valence-electron chi connectivity index (χ0n) is 34.6. The molecule has 4 heterocycles. The molecule has 0 aromatic carbocycles. The molecule has 0 unspecified atom stereocenters.